The Kier molecular flexibility index (Phi) is 4.73. The average molecular weight is 347 g/mol. The second kappa shape index (κ2) is 6.79. The fraction of sp³-hybridized carbons (Fsp3) is 0.333. The van der Waals surface area contributed by atoms with E-state index in [0.717, 1.165) is 18.4 Å². The molecule has 1 aliphatic carbocycles. The number of hydrogen-bond acceptors (Lipinski definition) is 3. The highest BCUT2D eigenvalue weighted by molar-refractivity contribution is 6.31. The third-order valence-electron chi connectivity index (χ3n) is 4.39. The minimum atomic E-state index is -1.30. The number of hydrogen-bond donors (Lipinski definition) is 2. The number of carbonyl (C=O) groups excluding carboxylic acids is 1. The predicted octanol–water partition coefficient (Wildman–Crippen LogP) is 2.79. The number of amides is 1. The molecule has 126 valence electrons. The molecule has 0 bridgehead atoms. The molecule has 1 aromatic heterocycles. The standard InChI is InChI=1S/C18H19ClN2O3/c19-15-6-2-1-5-13(15)11-21-12-14(7-8-16(21)22)20-17(23)18(24)9-3-4-10-18/h1-2,5-8,12,24H,3-4,9-11H2,(H,20,23). The van der Waals surface area contributed by atoms with Crippen LogP contribution >= 0.6 is 11.6 Å². The van der Waals surface area contributed by atoms with Gasteiger partial charge in [-0.05, 0) is 43.4 Å². The van der Waals surface area contributed by atoms with E-state index in [9.17, 15) is 14.7 Å². The van der Waals surface area contributed by atoms with Crippen LogP contribution in [0.15, 0.2) is 47.4 Å². The van der Waals surface area contributed by atoms with Gasteiger partial charge in [0, 0.05) is 17.3 Å². The van der Waals surface area contributed by atoms with Gasteiger partial charge in [0.15, 0.2) is 0 Å². The Balaban J connectivity index is 1.80. The van der Waals surface area contributed by atoms with E-state index < -0.39 is 11.5 Å². The molecule has 0 saturated heterocycles. The predicted molar refractivity (Wildman–Crippen MR) is 93.3 cm³/mol. The van der Waals surface area contributed by atoms with Crippen molar-refractivity contribution in [3.63, 3.8) is 0 Å². The normalized spacial score (nSPS) is 16.1. The quantitative estimate of drug-likeness (QED) is 0.894. The molecule has 2 aromatic rings. The number of carbonyl (C=O) groups is 1. The Morgan fingerprint density at radius 3 is 2.62 bits per heavy atom. The third-order valence-corrected chi connectivity index (χ3v) is 4.76. The number of nitrogens with one attached hydrogen (secondary N) is 1. The van der Waals surface area contributed by atoms with Gasteiger partial charge in [-0.1, -0.05) is 29.8 Å². The summed E-state index contributed by atoms with van der Waals surface area (Å²) in [5.74, 6) is -0.414. The highest BCUT2D eigenvalue weighted by Crippen LogP contribution is 2.30. The second-order valence-corrected chi connectivity index (χ2v) is 6.58. The van der Waals surface area contributed by atoms with Crippen LogP contribution in [0.3, 0.4) is 0 Å². The lowest BCUT2D eigenvalue weighted by molar-refractivity contribution is -0.133. The highest BCUT2D eigenvalue weighted by Gasteiger charge is 2.38. The number of benzene rings is 1. The molecule has 6 heteroatoms. The van der Waals surface area contributed by atoms with Crippen LogP contribution < -0.4 is 10.9 Å². The third kappa shape index (κ3) is 3.52. The molecule has 0 spiro atoms. The summed E-state index contributed by atoms with van der Waals surface area (Å²) in [4.78, 5) is 24.3. The number of aromatic nitrogens is 1. The summed E-state index contributed by atoms with van der Waals surface area (Å²) >= 11 is 6.14. The van der Waals surface area contributed by atoms with E-state index in [1.807, 2.05) is 18.2 Å². The first-order valence-electron chi connectivity index (χ1n) is 7.96. The van der Waals surface area contributed by atoms with Gasteiger partial charge in [0.1, 0.15) is 5.60 Å². The summed E-state index contributed by atoms with van der Waals surface area (Å²) in [5.41, 5.74) is -0.192. The maximum Gasteiger partial charge on any atom is 0.256 e. The molecule has 1 amide bonds. The zero-order valence-corrected chi connectivity index (χ0v) is 13.9. The molecular weight excluding hydrogens is 328 g/mol. The summed E-state index contributed by atoms with van der Waals surface area (Å²) in [6, 6.07) is 10.2. The Morgan fingerprint density at radius 1 is 1.21 bits per heavy atom. The van der Waals surface area contributed by atoms with Crippen LogP contribution in [-0.4, -0.2) is 21.2 Å². The van der Waals surface area contributed by atoms with E-state index >= 15 is 0 Å². The van der Waals surface area contributed by atoms with E-state index in [-0.39, 0.29) is 5.56 Å². The van der Waals surface area contributed by atoms with Crippen LogP contribution in [0, 0.1) is 0 Å². The van der Waals surface area contributed by atoms with Crippen LogP contribution in [0.1, 0.15) is 31.2 Å². The SMILES string of the molecule is O=C(Nc1ccc(=O)n(Cc2ccccc2Cl)c1)C1(O)CCCC1. The number of rotatable bonds is 4. The largest absolute Gasteiger partial charge is 0.380 e. The van der Waals surface area contributed by atoms with E-state index in [2.05, 4.69) is 5.32 Å². The van der Waals surface area contributed by atoms with Crippen molar-refractivity contribution >= 4 is 23.2 Å². The Morgan fingerprint density at radius 2 is 1.92 bits per heavy atom. The molecule has 3 rings (SSSR count). The van der Waals surface area contributed by atoms with Crippen LogP contribution in [0.25, 0.3) is 0 Å². The van der Waals surface area contributed by atoms with Gasteiger partial charge in [-0.3, -0.25) is 9.59 Å². The van der Waals surface area contributed by atoms with E-state index in [4.69, 9.17) is 11.6 Å². The van der Waals surface area contributed by atoms with Crippen LogP contribution in [0.5, 0.6) is 0 Å². The molecule has 1 aliphatic rings. The maximum absolute atomic E-state index is 12.3. The van der Waals surface area contributed by atoms with Crippen molar-refractivity contribution in [2.45, 2.75) is 37.8 Å². The first kappa shape index (κ1) is 16.7. The lowest BCUT2D eigenvalue weighted by Crippen LogP contribution is -2.40. The summed E-state index contributed by atoms with van der Waals surface area (Å²) in [7, 11) is 0. The molecule has 24 heavy (non-hydrogen) atoms. The fourth-order valence-corrected chi connectivity index (χ4v) is 3.17. The highest BCUT2D eigenvalue weighted by atomic mass is 35.5. The second-order valence-electron chi connectivity index (χ2n) is 6.17. The average Bonchev–Trinajstić information content (AvgIpc) is 3.01. The van der Waals surface area contributed by atoms with Gasteiger partial charge < -0.3 is 15.0 Å². The van der Waals surface area contributed by atoms with Crippen LogP contribution in [0.4, 0.5) is 5.69 Å². The first-order valence-corrected chi connectivity index (χ1v) is 8.33. The Hall–Kier alpha value is -2.11. The van der Waals surface area contributed by atoms with Crippen molar-refractivity contribution in [3.05, 3.63) is 63.5 Å². The van der Waals surface area contributed by atoms with Gasteiger partial charge in [0.2, 0.25) is 0 Å². The van der Waals surface area contributed by atoms with Crippen molar-refractivity contribution in [1.29, 1.82) is 0 Å². The smallest absolute Gasteiger partial charge is 0.256 e. The monoisotopic (exact) mass is 346 g/mol. The summed E-state index contributed by atoms with van der Waals surface area (Å²) < 4.78 is 1.48. The van der Waals surface area contributed by atoms with E-state index in [1.165, 1.54) is 10.6 Å². The molecular formula is C18H19ClN2O3. The zero-order chi connectivity index (χ0) is 17.2. The lowest BCUT2D eigenvalue weighted by atomic mass is 10.0. The fourth-order valence-electron chi connectivity index (χ4n) is 2.97. The van der Waals surface area contributed by atoms with Crippen LogP contribution in [0.2, 0.25) is 5.02 Å². The molecule has 0 atom stereocenters. The van der Waals surface area contributed by atoms with Crippen molar-refractivity contribution in [2.75, 3.05) is 5.32 Å². The first-order chi connectivity index (χ1) is 11.5. The number of halogens is 1. The van der Waals surface area contributed by atoms with Gasteiger partial charge in [-0.15, -0.1) is 0 Å². The van der Waals surface area contributed by atoms with Crippen molar-refractivity contribution < 1.29 is 9.90 Å². The Bertz CT molecular complexity index is 810. The number of pyridine rings is 1. The summed E-state index contributed by atoms with van der Waals surface area (Å²) in [6.45, 7) is 0.312. The topological polar surface area (TPSA) is 71.3 Å². The number of nitrogens with zero attached hydrogens (tertiary/aromatic N) is 1. The molecule has 1 saturated carbocycles. The molecule has 0 aliphatic heterocycles. The van der Waals surface area contributed by atoms with Gasteiger partial charge in [-0.25, -0.2) is 0 Å². The minimum Gasteiger partial charge on any atom is -0.380 e. The maximum atomic E-state index is 12.3. The molecule has 1 aromatic carbocycles. The Labute approximate surface area is 144 Å². The number of aliphatic hydroxyl groups is 1. The molecule has 5 nitrogen and oxygen atoms in total. The summed E-state index contributed by atoms with van der Waals surface area (Å²) in [6.07, 6.45) is 4.20. The van der Waals surface area contributed by atoms with Crippen LogP contribution in [-0.2, 0) is 11.3 Å². The van der Waals surface area contributed by atoms with Crippen molar-refractivity contribution in [2.24, 2.45) is 0 Å². The number of anilines is 1. The van der Waals surface area contributed by atoms with E-state index in [1.54, 1.807) is 18.3 Å². The van der Waals surface area contributed by atoms with Crippen molar-refractivity contribution in [1.82, 2.24) is 4.57 Å². The van der Waals surface area contributed by atoms with Gasteiger partial charge in [0.05, 0.1) is 12.2 Å². The minimum absolute atomic E-state index is 0.188. The van der Waals surface area contributed by atoms with Crippen molar-refractivity contribution in [3.8, 4) is 0 Å². The van der Waals surface area contributed by atoms with E-state index in [0.29, 0.717) is 30.1 Å². The molecule has 0 unspecified atom stereocenters. The van der Waals surface area contributed by atoms with Gasteiger partial charge >= 0.3 is 0 Å². The van der Waals surface area contributed by atoms with Gasteiger partial charge in [-0.2, -0.15) is 0 Å². The molecule has 1 fully saturated rings. The van der Waals surface area contributed by atoms with Gasteiger partial charge in [0.25, 0.3) is 11.5 Å². The summed E-state index contributed by atoms with van der Waals surface area (Å²) in [5, 5.41) is 13.6. The lowest BCUT2D eigenvalue weighted by Gasteiger charge is -2.21. The zero-order valence-electron chi connectivity index (χ0n) is 13.2. The molecule has 0 radical (unpaired) electrons. The molecule has 2 N–H and O–H groups in total. The molecule has 1 heterocycles.